The van der Waals surface area contributed by atoms with Crippen molar-refractivity contribution in [2.45, 2.75) is 61.3 Å². The van der Waals surface area contributed by atoms with Crippen molar-refractivity contribution in [3.63, 3.8) is 0 Å². The average Bonchev–Trinajstić information content (AvgIpc) is 2.90. The van der Waals surface area contributed by atoms with Crippen molar-refractivity contribution in [3.8, 4) is 0 Å². The molecule has 0 radical (unpaired) electrons. The second kappa shape index (κ2) is 23.0. The van der Waals surface area contributed by atoms with Gasteiger partial charge in [-0.15, -0.1) is 0 Å². The van der Waals surface area contributed by atoms with Crippen molar-refractivity contribution in [1.82, 2.24) is 10.3 Å². The molecule has 0 aliphatic carbocycles. The molecule has 7 nitrogen and oxygen atoms in total. The van der Waals surface area contributed by atoms with Gasteiger partial charge in [-0.05, 0) is 77.9 Å². The molecule has 3 aromatic rings. The van der Waals surface area contributed by atoms with Crippen molar-refractivity contribution in [1.29, 1.82) is 0 Å². The second-order valence-corrected chi connectivity index (χ2v) is 8.00. The van der Waals surface area contributed by atoms with Crippen LogP contribution in [0.5, 0.6) is 0 Å². The second-order valence-electron chi connectivity index (χ2n) is 8.00. The summed E-state index contributed by atoms with van der Waals surface area (Å²) in [7, 11) is 1.97. The van der Waals surface area contributed by atoms with Gasteiger partial charge in [0, 0.05) is 18.0 Å². The highest BCUT2D eigenvalue weighted by Crippen LogP contribution is 2.26. The van der Waals surface area contributed by atoms with Gasteiger partial charge in [-0.3, -0.25) is 9.78 Å². The first-order valence-corrected chi connectivity index (χ1v) is 12.8. The number of nitrogens with zero attached hydrogens (tertiary/aromatic N) is 1. The van der Waals surface area contributed by atoms with Crippen LogP contribution in [0.15, 0.2) is 54.6 Å². The van der Waals surface area contributed by atoms with E-state index in [1.807, 2.05) is 47.7 Å². The lowest BCUT2D eigenvalue weighted by Gasteiger charge is -2.12. The number of rotatable bonds is 6. The number of carbonyl (C=O) groups is 1. The molecule has 0 unspecified atom stereocenters. The average molecular weight is 512 g/mol. The van der Waals surface area contributed by atoms with E-state index in [2.05, 4.69) is 83.7 Å². The minimum atomic E-state index is 0.250. The van der Waals surface area contributed by atoms with Crippen LogP contribution >= 0.6 is 0 Å². The summed E-state index contributed by atoms with van der Waals surface area (Å²) in [5, 5.41) is 14.4. The van der Waals surface area contributed by atoms with Crippen LogP contribution in [0.2, 0.25) is 0 Å². The first-order chi connectivity index (χ1) is 17.7. The Morgan fingerprint density at radius 1 is 0.946 bits per heavy atom. The van der Waals surface area contributed by atoms with Gasteiger partial charge in [0.05, 0.1) is 17.1 Å². The molecule has 3 rings (SSSR count). The van der Waals surface area contributed by atoms with Crippen LogP contribution in [0.3, 0.4) is 0 Å². The molecule has 0 aliphatic rings. The molecule has 206 valence electrons. The number of aryl methyl sites for hydroxylation is 4. The maximum Gasteiger partial charge on any atom is 0.204 e. The van der Waals surface area contributed by atoms with E-state index in [4.69, 9.17) is 15.6 Å². The van der Waals surface area contributed by atoms with Crippen LogP contribution in [0.25, 0.3) is 0 Å². The van der Waals surface area contributed by atoms with Crippen LogP contribution in [-0.2, 0) is 11.2 Å². The van der Waals surface area contributed by atoms with Gasteiger partial charge < -0.3 is 27.2 Å². The number of hydrogen-bond acceptors (Lipinski definition) is 6. The number of benzene rings is 2. The number of pyridine rings is 1. The molecular weight excluding hydrogens is 462 g/mol. The van der Waals surface area contributed by atoms with E-state index in [0.717, 1.165) is 42.1 Å². The molecule has 1 amide bonds. The summed E-state index contributed by atoms with van der Waals surface area (Å²) in [4.78, 5) is 12.9. The van der Waals surface area contributed by atoms with Gasteiger partial charge in [0.1, 0.15) is 0 Å². The Kier molecular flexibility index (Phi) is 22.2. The zero-order valence-electron chi connectivity index (χ0n) is 24.1. The highest BCUT2D eigenvalue weighted by atomic mass is 16.2. The zero-order chi connectivity index (χ0) is 28.6. The summed E-state index contributed by atoms with van der Waals surface area (Å²) >= 11 is 0. The van der Waals surface area contributed by atoms with Gasteiger partial charge in [0.15, 0.2) is 0 Å². The van der Waals surface area contributed by atoms with Crippen LogP contribution in [-0.4, -0.2) is 36.7 Å². The van der Waals surface area contributed by atoms with Crippen molar-refractivity contribution in [2.24, 2.45) is 5.73 Å². The Balaban J connectivity index is 0. The van der Waals surface area contributed by atoms with E-state index < -0.39 is 0 Å². The third kappa shape index (κ3) is 17.6. The Bertz CT molecular complexity index is 936. The molecule has 0 spiro atoms. The van der Waals surface area contributed by atoms with E-state index in [0.29, 0.717) is 12.3 Å². The topological polar surface area (TPSA) is 126 Å². The molecule has 2 aromatic carbocycles. The summed E-state index contributed by atoms with van der Waals surface area (Å²) in [5.41, 5.74) is 18.7. The van der Waals surface area contributed by atoms with Crippen LogP contribution in [0.1, 0.15) is 55.3 Å². The van der Waals surface area contributed by atoms with Crippen molar-refractivity contribution >= 4 is 23.5 Å². The Morgan fingerprint density at radius 2 is 1.41 bits per heavy atom. The monoisotopic (exact) mass is 511 g/mol. The van der Waals surface area contributed by atoms with Gasteiger partial charge in [-0.1, -0.05) is 68.3 Å². The predicted molar refractivity (Wildman–Crippen MR) is 160 cm³/mol. The normalized spacial score (nSPS) is 9.00. The number of anilines is 3. The van der Waals surface area contributed by atoms with Crippen molar-refractivity contribution in [2.75, 3.05) is 31.2 Å². The van der Waals surface area contributed by atoms with Crippen LogP contribution in [0.4, 0.5) is 17.1 Å². The lowest BCUT2D eigenvalue weighted by Crippen LogP contribution is -2.10. The quantitative estimate of drug-likeness (QED) is 0.274. The molecular formula is C30H49N5O2. The molecule has 0 saturated carbocycles. The molecule has 0 aliphatic heterocycles. The molecule has 37 heavy (non-hydrogen) atoms. The number of aliphatic hydroxyl groups excluding tert-OH is 1. The minimum Gasteiger partial charge on any atom is -0.396 e. The van der Waals surface area contributed by atoms with Crippen LogP contribution in [0, 0.1) is 27.7 Å². The van der Waals surface area contributed by atoms with E-state index in [-0.39, 0.29) is 6.41 Å². The van der Waals surface area contributed by atoms with Gasteiger partial charge in [-0.25, -0.2) is 0 Å². The van der Waals surface area contributed by atoms with E-state index in [1.54, 1.807) is 0 Å². The highest BCUT2D eigenvalue weighted by molar-refractivity contribution is 5.74. The van der Waals surface area contributed by atoms with E-state index in [9.17, 15) is 0 Å². The summed E-state index contributed by atoms with van der Waals surface area (Å²) in [6.45, 7) is 15.3. The standard InChI is InChI=1S/C16H22N4.C8H10.C3H8O.C2H6.CH3NO/c1-11-10-15(16(17)12(2)19-11)20-14-6-4-13(5-7-14)8-9-18-3;1-7-3-5-8(2)6-4-7;1-2-3-4;1-2;2-1-3/h4-7,10,18H,8-9,17H2,1-3H3,(H,19,20);3-6H,1-2H3;4H,2-3H2,1H3;1-2H3;1H,(H2,2,3). The molecule has 0 saturated heterocycles. The number of aromatic nitrogens is 1. The number of hydrogen-bond donors (Lipinski definition) is 5. The number of nitrogens with two attached hydrogens (primary N) is 2. The smallest absolute Gasteiger partial charge is 0.204 e. The number of nitrogen functional groups attached to an aromatic ring is 1. The molecule has 1 heterocycles. The van der Waals surface area contributed by atoms with Gasteiger partial charge >= 0.3 is 0 Å². The summed E-state index contributed by atoms with van der Waals surface area (Å²) in [5.74, 6) is 0. The Labute approximate surface area is 224 Å². The molecule has 0 fully saturated rings. The van der Waals surface area contributed by atoms with Crippen molar-refractivity contribution < 1.29 is 9.90 Å². The number of primary amides is 1. The first-order valence-electron chi connectivity index (χ1n) is 12.8. The third-order valence-corrected chi connectivity index (χ3v) is 4.72. The SMILES string of the molecule is CC.CCCO.CNCCc1ccc(Nc2cc(C)nc(C)c2N)cc1.Cc1ccc(C)cc1.NC=O. The van der Waals surface area contributed by atoms with Gasteiger partial charge in [-0.2, -0.15) is 0 Å². The molecule has 7 heteroatoms. The Morgan fingerprint density at radius 3 is 1.81 bits per heavy atom. The molecule has 1 aromatic heterocycles. The molecule has 0 bridgehead atoms. The fraction of sp³-hybridized carbons (Fsp3) is 0.400. The van der Waals surface area contributed by atoms with E-state index in [1.165, 1.54) is 16.7 Å². The third-order valence-electron chi connectivity index (χ3n) is 4.72. The van der Waals surface area contributed by atoms with Gasteiger partial charge in [0.2, 0.25) is 6.41 Å². The maximum atomic E-state index is 8.58. The lowest BCUT2D eigenvalue weighted by molar-refractivity contribution is -0.106. The number of amides is 1. The molecule has 7 N–H and O–H groups in total. The van der Waals surface area contributed by atoms with Gasteiger partial charge in [0.25, 0.3) is 0 Å². The number of aliphatic hydroxyl groups is 1. The number of carbonyl (C=O) groups excluding carboxylic acids is 1. The summed E-state index contributed by atoms with van der Waals surface area (Å²) in [6, 6.07) is 18.9. The summed E-state index contributed by atoms with van der Waals surface area (Å²) < 4.78 is 0. The molecule has 0 atom stereocenters. The fourth-order valence-corrected chi connectivity index (χ4v) is 2.76. The van der Waals surface area contributed by atoms with Crippen molar-refractivity contribution in [3.05, 3.63) is 82.7 Å². The highest BCUT2D eigenvalue weighted by Gasteiger charge is 2.05. The minimum absolute atomic E-state index is 0.250. The summed E-state index contributed by atoms with van der Waals surface area (Å²) in [6.07, 6.45) is 2.16. The fourth-order valence-electron chi connectivity index (χ4n) is 2.76. The predicted octanol–water partition coefficient (Wildman–Crippen LogP) is 5.61. The van der Waals surface area contributed by atoms with Crippen LogP contribution < -0.4 is 22.1 Å². The first kappa shape index (κ1) is 35.7. The lowest BCUT2D eigenvalue weighted by atomic mass is 10.1. The largest absolute Gasteiger partial charge is 0.396 e. The maximum absolute atomic E-state index is 8.58. The van der Waals surface area contributed by atoms with E-state index >= 15 is 0 Å². The Hall–Kier alpha value is -3.42. The number of likely N-dealkylation sites (N-methyl/N-ethyl adjacent to an activating group) is 1. The zero-order valence-corrected chi connectivity index (χ0v) is 24.1. The number of nitrogens with one attached hydrogen (secondary N) is 2.